The van der Waals surface area contributed by atoms with Crippen LogP contribution >= 0.6 is 11.6 Å². The number of carbonyl (C=O) groups excluding carboxylic acids is 2. The van der Waals surface area contributed by atoms with Crippen LogP contribution in [0.3, 0.4) is 0 Å². The first-order valence-corrected chi connectivity index (χ1v) is 10.6. The number of allylic oxidation sites excluding steroid dienone is 1. The number of aliphatic hydroxyl groups excluding tert-OH is 1. The van der Waals surface area contributed by atoms with Crippen molar-refractivity contribution < 1.29 is 24.5 Å². The molecule has 150 valence electrons. The van der Waals surface area contributed by atoms with Crippen molar-refractivity contribution in [2.45, 2.75) is 70.5 Å². The first kappa shape index (κ1) is 19.4. The molecule has 0 aromatic heterocycles. The van der Waals surface area contributed by atoms with Crippen LogP contribution in [0.5, 0.6) is 0 Å². The molecule has 0 aromatic carbocycles. The summed E-state index contributed by atoms with van der Waals surface area (Å²) in [6.07, 6.45) is 5.69. The molecule has 3 fully saturated rings. The quantitative estimate of drug-likeness (QED) is 0.553. The van der Waals surface area contributed by atoms with Crippen LogP contribution in [0.4, 0.5) is 0 Å². The fourth-order valence-electron chi connectivity index (χ4n) is 7.20. The number of hydrogen-bond donors (Lipinski definition) is 2. The standard InChI is InChI=1S/C21H29ClO5/c1-19-7-5-13(23)9-12(19)3-4-14-15-6-8-21(26,18(25)27-11-22)20(15,2)10-16(24)17(14)19/h9,14-17,24,26H,3-8,10-11H2,1-2H3/t14-,15-,16-,17+,19-,20-,21-/m0/s1. The SMILES string of the molecule is C[C@]12CCC(=O)C=C1CC[C@@H]1[C@@H]2[C@@H](O)C[C@@]2(C)[C@H]1CC[C@]2(O)C(=O)OCCl. The number of hydrogen-bond acceptors (Lipinski definition) is 5. The van der Waals surface area contributed by atoms with Crippen molar-refractivity contribution in [2.24, 2.45) is 28.6 Å². The number of carbonyl (C=O) groups is 2. The van der Waals surface area contributed by atoms with E-state index < -0.39 is 23.1 Å². The fraction of sp³-hybridized carbons (Fsp3) is 0.810. The van der Waals surface area contributed by atoms with Crippen LogP contribution in [0, 0.1) is 28.6 Å². The Bertz CT molecular complexity index is 705. The smallest absolute Gasteiger partial charge is 0.339 e. The highest BCUT2D eigenvalue weighted by atomic mass is 35.5. The first-order chi connectivity index (χ1) is 12.7. The van der Waals surface area contributed by atoms with Crippen molar-refractivity contribution in [3.8, 4) is 0 Å². The van der Waals surface area contributed by atoms with Gasteiger partial charge in [0.15, 0.2) is 17.5 Å². The second kappa shape index (κ2) is 6.30. The van der Waals surface area contributed by atoms with Gasteiger partial charge in [-0.25, -0.2) is 4.79 Å². The summed E-state index contributed by atoms with van der Waals surface area (Å²) in [7, 11) is 0. The number of rotatable bonds is 2. The molecule has 4 rings (SSSR count). The molecule has 27 heavy (non-hydrogen) atoms. The molecule has 0 saturated heterocycles. The summed E-state index contributed by atoms with van der Waals surface area (Å²) in [5.74, 6) is -0.0362. The third-order valence-electron chi connectivity index (χ3n) is 8.57. The van der Waals surface area contributed by atoms with E-state index in [0.29, 0.717) is 19.3 Å². The van der Waals surface area contributed by atoms with Crippen molar-refractivity contribution in [3.63, 3.8) is 0 Å². The van der Waals surface area contributed by atoms with Crippen LogP contribution in [0.25, 0.3) is 0 Å². The Hall–Kier alpha value is -0.910. The zero-order valence-corrected chi connectivity index (χ0v) is 16.8. The number of alkyl halides is 1. The second-order valence-corrected chi connectivity index (χ2v) is 9.74. The van der Waals surface area contributed by atoms with Crippen molar-refractivity contribution in [3.05, 3.63) is 11.6 Å². The van der Waals surface area contributed by atoms with Crippen LogP contribution in [-0.4, -0.2) is 39.7 Å². The third-order valence-corrected chi connectivity index (χ3v) is 8.68. The third kappa shape index (κ3) is 2.50. The molecule has 2 N–H and O–H groups in total. The van der Waals surface area contributed by atoms with Gasteiger partial charge in [-0.05, 0) is 67.8 Å². The minimum Gasteiger partial charge on any atom is -0.447 e. The minimum atomic E-state index is -1.60. The van der Waals surface area contributed by atoms with Crippen LogP contribution in [0.15, 0.2) is 11.6 Å². The number of fused-ring (bicyclic) bond motifs is 5. The molecule has 5 nitrogen and oxygen atoms in total. The number of aliphatic hydroxyl groups is 2. The lowest BCUT2D eigenvalue weighted by atomic mass is 9.45. The second-order valence-electron chi connectivity index (χ2n) is 9.52. The summed E-state index contributed by atoms with van der Waals surface area (Å²) in [5.41, 5.74) is -1.32. The van der Waals surface area contributed by atoms with Crippen LogP contribution in [-0.2, 0) is 14.3 Å². The van der Waals surface area contributed by atoms with Gasteiger partial charge in [-0.3, -0.25) is 4.79 Å². The summed E-state index contributed by atoms with van der Waals surface area (Å²) in [6.45, 7) is 4.12. The van der Waals surface area contributed by atoms with Gasteiger partial charge in [0.05, 0.1) is 6.10 Å². The molecule has 7 atom stereocenters. The molecule has 3 saturated carbocycles. The largest absolute Gasteiger partial charge is 0.447 e. The van der Waals surface area contributed by atoms with E-state index in [0.717, 1.165) is 25.7 Å². The number of ether oxygens (including phenoxy) is 1. The number of ketones is 1. The lowest BCUT2D eigenvalue weighted by molar-refractivity contribution is -0.198. The van der Waals surface area contributed by atoms with E-state index >= 15 is 0 Å². The first-order valence-electron chi connectivity index (χ1n) is 10.0. The highest BCUT2D eigenvalue weighted by Crippen LogP contribution is 2.67. The predicted molar refractivity (Wildman–Crippen MR) is 99.9 cm³/mol. The molecule has 0 radical (unpaired) electrons. The maximum atomic E-state index is 12.5. The van der Waals surface area contributed by atoms with E-state index in [1.807, 2.05) is 13.0 Å². The van der Waals surface area contributed by atoms with E-state index in [4.69, 9.17) is 16.3 Å². The van der Waals surface area contributed by atoms with Gasteiger partial charge in [0.1, 0.15) is 0 Å². The molecule has 4 aliphatic carbocycles. The molecular formula is C21H29ClO5. The van der Waals surface area contributed by atoms with Crippen molar-refractivity contribution >= 4 is 23.4 Å². The summed E-state index contributed by atoms with van der Waals surface area (Å²) in [4.78, 5) is 24.5. The van der Waals surface area contributed by atoms with Crippen molar-refractivity contribution in [1.82, 2.24) is 0 Å². The average Bonchev–Trinajstić information content (AvgIpc) is 2.87. The molecule has 0 unspecified atom stereocenters. The van der Waals surface area contributed by atoms with E-state index in [-0.39, 0.29) is 35.0 Å². The average molecular weight is 397 g/mol. The van der Waals surface area contributed by atoms with Gasteiger partial charge in [-0.1, -0.05) is 31.0 Å². The van der Waals surface area contributed by atoms with E-state index in [2.05, 4.69) is 6.92 Å². The Morgan fingerprint density at radius 3 is 2.74 bits per heavy atom. The fourth-order valence-corrected chi connectivity index (χ4v) is 7.30. The number of esters is 1. The van der Waals surface area contributed by atoms with Gasteiger partial charge in [0.25, 0.3) is 0 Å². The topological polar surface area (TPSA) is 83.8 Å². The van der Waals surface area contributed by atoms with Gasteiger partial charge in [-0.15, -0.1) is 0 Å². The summed E-state index contributed by atoms with van der Waals surface area (Å²) >= 11 is 5.57. The Balaban J connectivity index is 1.71. The van der Waals surface area contributed by atoms with Gasteiger partial charge < -0.3 is 14.9 Å². The molecule has 0 bridgehead atoms. The Morgan fingerprint density at radius 2 is 2.04 bits per heavy atom. The summed E-state index contributed by atoms with van der Waals surface area (Å²) < 4.78 is 4.98. The van der Waals surface area contributed by atoms with Gasteiger partial charge >= 0.3 is 5.97 Å². The molecule has 0 aromatic rings. The lowest BCUT2D eigenvalue weighted by Gasteiger charge is -2.60. The maximum absolute atomic E-state index is 12.5. The van der Waals surface area contributed by atoms with E-state index in [1.165, 1.54) is 5.57 Å². The molecule has 6 heteroatoms. The molecule has 0 heterocycles. The highest BCUT2D eigenvalue weighted by molar-refractivity contribution is 6.17. The van der Waals surface area contributed by atoms with Crippen molar-refractivity contribution in [1.29, 1.82) is 0 Å². The van der Waals surface area contributed by atoms with E-state index in [1.54, 1.807) is 0 Å². The predicted octanol–water partition coefficient (Wildman–Crippen LogP) is 2.96. The van der Waals surface area contributed by atoms with Crippen molar-refractivity contribution in [2.75, 3.05) is 6.07 Å². The monoisotopic (exact) mass is 396 g/mol. The van der Waals surface area contributed by atoms with E-state index in [9.17, 15) is 19.8 Å². The Kier molecular flexibility index (Phi) is 4.53. The molecule has 4 aliphatic rings. The highest BCUT2D eigenvalue weighted by Gasteiger charge is 2.69. The Morgan fingerprint density at radius 1 is 1.30 bits per heavy atom. The number of halogens is 1. The van der Waals surface area contributed by atoms with Crippen LogP contribution < -0.4 is 0 Å². The Labute approximate surface area is 165 Å². The lowest BCUT2D eigenvalue weighted by Crippen LogP contribution is -2.61. The van der Waals surface area contributed by atoms with Gasteiger partial charge in [-0.2, -0.15) is 0 Å². The van der Waals surface area contributed by atoms with Crippen LogP contribution in [0.2, 0.25) is 0 Å². The summed E-state index contributed by atoms with van der Waals surface area (Å²) in [5, 5.41) is 22.5. The normalized spacial score (nSPS) is 48.9. The maximum Gasteiger partial charge on any atom is 0.339 e. The zero-order valence-electron chi connectivity index (χ0n) is 16.0. The molecule has 0 spiro atoms. The van der Waals surface area contributed by atoms with Crippen LogP contribution in [0.1, 0.15) is 58.8 Å². The zero-order chi connectivity index (χ0) is 19.6. The molecule has 0 aliphatic heterocycles. The van der Waals surface area contributed by atoms with Gasteiger partial charge in [0.2, 0.25) is 0 Å². The van der Waals surface area contributed by atoms with Gasteiger partial charge in [0, 0.05) is 11.8 Å². The summed E-state index contributed by atoms with van der Waals surface area (Å²) in [6, 6.07) is -0.281. The molecular weight excluding hydrogens is 368 g/mol. The molecule has 0 amide bonds. The minimum absolute atomic E-state index is 0.0649.